The van der Waals surface area contributed by atoms with Gasteiger partial charge < -0.3 is 10.6 Å². The second kappa shape index (κ2) is 6.62. The van der Waals surface area contributed by atoms with Gasteiger partial charge in [-0.15, -0.1) is 0 Å². The maximum atomic E-state index is 12.3. The average molecular weight is 287 g/mol. The Morgan fingerprint density at radius 2 is 1.90 bits per heavy atom. The fourth-order valence-electron chi connectivity index (χ4n) is 1.87. The highest BCUT2D eigenvalue weighted by Crippen LogP contribution is 2.20. The maximum absolute atomic E-state index is 12.3. The molecule has 0 aliphatic rings. The van der Waals surface area contributed by atoms with Gasteiger partial charge in [-0.05, 0) is 50.8 Å². The minimum absolute atomic E-state index is 0.0411. The molecular formula is C17H25N3O. The lowest BCUT2D eigenvalue weighted by Crippen LogP contribution is -2.53. The summed E-state index contributed by atoms with van der Waals surface area (Å²) < 4.78 is 0. The monoisotopic (exact) mass is 287 g/mol. The van der Waals surface area contributed by atoms with Crippen LogP contribution in [0.3, 0.4) is 0 Å². The number of hydrogen-bond donors (Lipinski definition) is 2. The quantitative estimate of drug-likeness (QED) is 0.874. The summed E-state index contributed by atoms with van der Waals surface area (Å²) in [5.74, 6) is -0.131. The molecule has 1 aromatic rings. The van der Waals surface area contributed by atoms with Gasteiger partial charge in [0.1, 0.15) is 11.6 Å². The smallest absolute Gasteiger partial charge is 0.243 e. The van der Waals surface area contributed by atoms with E-state index in [0.717, 1.165) is 11.3 Å². The number of nitrogens with zero attached hydrogens (tertiary/aromatic N) is 1. The zero-order chi connectivity index (χ0) is 16.2. The van der Waals surface area contributed by atoms with Crippen molar-refractivity contribution < 1.29 is 4.79 Å². The molecule has 0 aromatic heterocycles. The molecule has 0 aliphatic carbocycles. The van der Waals surface area contributed by atoms with Gasteiger partial charge >= 0.3 is 0 Å². The molecule has 4 nitrogen and oxygen atoms in total. The molecule has 0 bridgehead atoms. The number of nitriles is 1. The Morgan fingerprint density at radius 1 is 1.29 bits per heavy atom. The number of carbonyl (C=O) groups excluding carboxylic acids is 1. The van der Waals surface area contributed by atoms with E-state index in [1.165, 1.54) is 5.56 Å². The van der Waals surface area contributed by atoms with Gasteiger partial charge in [0, 0.05) is 5.69 Å². The molecule has 1 rings (SSSR count). The van der Waals surface area contributed by atoms with E-state index in [9.17, 15) is 10.1 Å². The average Bonchev–Trinajstić information content (AvgIpc) is 2.43. The first-order chi connectivity index (χ1) is 9.71. The summed E-state index contributed by atoms with van der Waals surface area (Å²) in [5, 5.41) is 15.3. The van der Waals surface area contributed by atoms with E-state index in [2.05, 4.69) is 16.7 Å². The number of anilines is 1. The van der Waals surface area contributed by atoms with Crippen molar-refractivity contribution in [1.29, 1.82) is 5.26 Å². The first kappa shape index (κ1) is 17.0. The second-order valence-electron chi connectivity index (χ2n) is 6.07. The van der Waals surface area contributed by atoms with Gasteiger partial charge in [0.2, 0.25) is 5.91 Å². The van der Waals surface area contributed by atoms with Crippen molar-refractivity contribution in [2.75, 3.05) is 5.32 Å². The molecular weight excluding hydrogens is 262 g/mol. The third kappa shape index (κ3) is 3.98. The number of amides is 1. The number of aryl methyl sites for hydroxylation is 1. The minimum Gasteiger partial charge on any atom is -0.374 e. The Balaban J connectivity index is 2.81. The molecule has 4 heteroatoms. The van der Waals surface area contributed by atoms with Crippen molar-refractivity contribution in [3.05, 3.63) is 29.3 Å². The fourth-order valence-corrected chi connectivity index (χ4v) is 1.87. The third-order valence-electron chi connectivity index (χ3n) is 4.14. The maximum Gasteiger partial charge on any atom is 0.243 e. The van der Waals surface area contributed by atoms with Gasteiger partial charge in [-0.1, -0.05) is 26.0 Å². The highest BCUT2D eigenvalue weighted by molar-refractivity contribution is 5.85. The van der Waals surface area contributed by atoms with Crippen LogP contribution in [-0.2, 0) is 4.79 Å². The molecule has 2 N–H and O–H groups in total. The summed E-state index contributed by atoms with van der Waals surface area (Å²) >= 11 is 0. The van der Waals surface area contributed by atoms with Crippen LogP contribution in [0, 0.1) is 31.1 Å². The Kier molecular flexibility index (Phi) is 5.37. The number of nitrogens with one attached hydrogen (secondary N) is 2. The van der Waals surface area contributed by atoms with E-state index in [1.54, 1.807) is 13.8 Å². The van der Waals surface area contributed by atoms with Gasteiger partial charge in [0.05, 0.1) is 6.07 Å². The first-order valence-corrected chi connectivity index (χ1v) is 7.27. The van der Waals surface area contributed by atoms with Crippen molar-refractivity contribution in [1.82, 2.24) is 5.32 Å². The molecule has 0 aliphatic heterocycles. The molecule has 2 atom stereocenters. The Hall–Kier alpha value is -2.02. The van der Waals surface area contributed by atoms with Gasteiger partial charge in [-0.3, -0.25) is 4.79 Å². The molecule has 0 saturated carbocycles. The van der Waals surface area contributed by atoms with Crippen LogP contribution in [0.1, 0.15) is 38.8 Å². The third-order valence-corrected chi connectivity index (χ3v) is 4.14. The minimum atomic E-state index is -0.853. The predicted molar refractivity (Wildman–Crippen MR) is 86.0 cm³/mol. The highest BCUT2D eigenvalue weighted by atomic mass is 16.2. The van der Waals surface area contributed by atoms with Crippen molar-refractivity contribution in [2.24, 2.45) is 5.92 Å². The molecule has 0 heterocycles. The molecule has 0 fully saturated rings. The van der Waals surface area contributed by atoms with E-state index in [-0.39, 0.29) is 11.8 Å². The molecule has 0 saturated heterocycles. The normalized spacial score (nSPS) is 15.0. The number of carbonyl (C=O) groups is 1. The van der Waals surface area contributed by atoms with Crippen LogP contribution < -0.4 is 10.6 Å². The predicted octanol–water partition coefficient (Wildman–Crippen LogP) is 3.16. The van der Waals surface area contributed by atoms with Crippen molar-refractivity contribution >= 4 is 11.6 Å². The van der Waals surface area contributed by atoms with Crippen molar-refractivity contribution in [2.45, 2.75) is 53.1 Å². The van der Waals surface area contributed by atoms with Crippen LogP contribution in [0.2, 0.25) is 0 Å². The zero-order valence-electron chi connectivity index (χ0n) is 13.7. The van der Waals surface area contributed by atoms with E-state index in [4.69, 9.17) is 0 Å². The molecule has 21 heavy (non-hydrogen) atoms. The van der Waals surface area contributed by atoms with Gasteiger partial charge in [-0.25, -0.2) is 0 Å². The molecule has 114 valence electrons. The molecule has 0 spiro atoms. The Labute approximate surface area is 127 Å². The standard InChI is InChI=1S/C17H25N3O/c1-11(2)17(6,10-18)20-16(21)14(5)19-15-9-7-8-12(3)13(15)4/h7-9,11,14,19H,1-6H3,(H,20,21)/t14-,17+/m0/s1. The fraction of sp³-hybridized carbons (Fsp3) is 0.529. The SMILES string of the molecule is Cc1cccc(N[C@@H](C)C(=O)N[C@](C)(C#N)C(C)C)c1C. The van der Waals surface area contributed by atoms with Crippen LogP contribution in [0.25, 0.3) is 0 Å². The van der Waals surface area contributed by atoms with Crippen LogP contribution in [-0.4, -0.2) is 17.5 Å². The topological polar surface area (TPSA) is 64.9 Å². The summed E-state index contributed by atoms with van der Waals surface area (Å²) in [6.45, 7) is 11.5. The molecule has 1 amide bonds. The zero-order valence-corrected chi connectivity index (χ0v) is 13.7. The van der Waals surface area contributed by atoms with Gasteiger partial charge in [0.25, 0.3) is 0 Å². The lowest BCUT2D eigenvalue weighted by molar-refractivity contribution is -0.123. The van der Waals surface area contributed by atoms with E-state index < -0.39 is 11.6 Å². The lowest BCUT2D eigenvalue weighted by Gasteiger charge is -2.29. The second-order valence-corrected chi connectivity index (χ2v) is 6.07. The van der Waals surface area contributed by atoms with Crippen LogP contribution in [0.15, 0.2) is 18.2 Å². The van der Waals surface area contributed by atoms with E-state index in [1.807, 2.05) is 45.9 Å². The molecule has 0 radical (unpaired) electrons. The summed E-state index contributed by atoms with van der Waals surface area (Å²) in [7, 11) is 0. The Morgan fingerprint density at radius 3 is 2.43 bits per heavy atom. The largest absolute Gasteiger partial charge is 0.374 e. The van der Waals surface area contributed by atoms with E-state index in [0.29, 0.717) is 0 Å². The van der Waals surface area contributed by atoms with Crippen LogP contribution in [0.4, 0.5) is 5.69 Å². The number of benzene rings is 1. The van der Waals surface area contributed by atoms with Crippen LogP contribution in [0.5, 0.6) is 0 Å². The number of hydrogen-bond acceptors (Lipinski definition) is 3. The summed E-state index contributed by atoms with van der Waals surface area (Å²) in [6.07, 6.45) is 0. The summed E-state index contributed by atoms with van der Waals surface area (Å²) in [6, 6.07) is 7.74. The number of rotatable bonds is 5. The summed E-state index contributed by atoms with van der Waals surface area (Å²) in [4.78, 5) is 12.3. The molecule has 1 aromatic carbocycles. The van der Waals surface area contributed by atoms with Crippen molar-refractivity contribution in [3.8, 4) is 6.07 Å². The highest BCUT2D eigenvalue weighted by Gasteiger charge is 2.31. The van der Waals surface area contributed by atoms with Gasteiger partial charge in [-0.2, -0.15) is 5.26 Å². The Bertz CT molecular complexity index is 560. The van der Waals surface area contributed by atoms with Crippen LogP contribution >= 0.6 is 0 Å². The molecule has 0 unspecified atom stereocenters. The van der Waals surface area contributed by atoms with Crippen molar-refractivity contribution in [3.63, 3.8) is 0 Å². The van der Waals surface area contributed by atoms with E-state index >= 15 is 0 Å². The van der Waals surface area contributed by atoms with Gasteiger partial charge in [0.15, 0.2) is 0 Å². The first-order valence-electron chi connectivity index (χ1n) is 7.27. The summed E-state index contributed by atoms with van der Waals surface area (Å²) in [5.41, 5.74) is 2.40. The lowest BCUT2D eigenvalue weighted by atomic mass is 9.90.